The average molecular weight is 178 g/mol. The number of rotatable bonds is 2. The largest absolute Gasteiger partial charge is 0.394 e. The number of hydrogen-bond donors (Lipinski definition) is 1. The molecular formula is C11H14O2. The lowest BCUT2D eigenvalue weighted by atomic mass is 10.1. The van der Waals surface area contributed by atoms with Crippen molar-refractivity contribution in [3.05, 3.63) is 35.9 Å². The summed E-state index contributed by atoms with van der Waals surface area (Å²) in [6.07, 6.45) is 2.23. The molecule has 1 aromatic rings. The fourth-order valence-corrected chi connectivity index (χ4v) is 1.75. The fraction of sp³-hybridized carbons (Fsp3) is 0.455. The number of ether oxygens (including phenoxy) is 1. The second-order valence-corrected chi connectivity index (χ2v) is 3.42. The van der Waals surface area contributed by atoms with Crippen LogP contribution in [0.2, 0.25) is 0 Å². The summed E-state index contributed by atoms with van der Waals surface area (Å²) in [4.78, 5) is 0. The van der Waals surface area contributed by atoms with Crippen LogP contribution in [0.25, 0.3) is 0 Å². The smallest absolute Gasteiger partial charge is 0.0830 e. The van der Waals surface area contributed by atoms with Crippen LogP contribution in [-0.2, 0) is 4.74 Å². The molecule has 1 saturated heterocycles. The normalized spacial score (nSPS) is 27.8. The van der Waals surface area contributed by atoms with E-state index in [0.29, 0.717) is 0 Å². The van der Waals surface area contributed by atoms with Crippen LogP contribution in [0.1, 0.15) is 24.5 Å². The highest BCUT2D eigenvalue weighted by molar-refractivity contribution is 5.18. The Morgan fingerprint density at radius 3 is 2.62 bits per heavy atom. The standard InChI is InChI=1S/C11H14O2/c12-8-10-6-7-11(13-10)9-4-2-1-3-5-9/h1-5,10-12H,6-8H2. The molecule has 2 unspecified atom stereocenters. The van der Waals surface area contributed by atoms with E-state index >= 15 is 0 Å². The lowest BCUT2D eigenvalue weighted by Crippen LogP contribution is -2.10. The fourth-order valence-electron chi connectivity index (χ4n) is 1.75. The molecule has 2 atom stereocenters. The zero-order chi connectivity index (χ0) is 9.10. The van der Waals surface area contributed by atoms with Gasteiger partial charge >= 0.3 is 0 Å². The second kappa shape index (κ2) is 3.90. The molecule has 2 nitrogen and oxygen atoms in total. The van der Waals surface area contributed by atoms with E-state index in [1.807, 2.05) is 18.2 Å². The average Bonchev–Trinajstić information content (AvgIpc) is 2.67. The Balaban J connectivity index is 2.04. The first kappa shape index (κ1) is 8.73. The van der Waals surface area contributed by atoms with Gasteiger partial charge in [-0.2, -0.15) is 0 Å². The minimum Gasteiger partial charge on any atom is -0.394 e. The highest BCUT2D eigenvalue weighted by atomic mass is 16.5. The van der Waals surface area contributed by atoms with E-state index in [9.17, 15) is 0 Å². The van der Waals surface area contributed by atoms with Gasteiger partial charge in [0.1, 0.15) is 0 Å². The Labute approximate surface area is 78.2 Å². The number of benzene rings is 1. The van der Waals surface area contributed by atoms with Gasteiger partial charge in [0.25, 0.3) is 0 Å². The van der Waals surface area contributed by atoms with Gasteiger partial charge in [0.15, 0.2) is 0 Å². The molecule has 0 aliphatic carbocycles. The van der Waals surface area contributed by atoms with Gasteiger partial charge in [0.2, 0.25) is 0 Å². The molecule has 1 heterocycles. The van der Waals surface area contributed by atoms with Crippen molar-refractivity contribution in [2.75, 3.05) is 6.61 Å². The van der Waals surface area contributed by atoms with Gasteiger partial charge < -0.3 is 9.84 Å². The van der Waals surface area contributed by atoms with Crippen molar-refractivity contribution in [3.63, 3.8) is 0 Å². The van der Waals surface area contributed by atoms with Gasteiger partial charge in [-0.15, -0.1) is 0 Å². The predicted octanol–water partition coefficient (Wildman–Crippen LogP) is 1.90. The van der Waals surface area contributed by atoms with Gasteiger partial charge in [0, 0.05) is 0 Å². The van der Waals surface area contributed by atoms with E-state index in [-0.39, 0.29) is 18.8 Å². The first-order valence-electron chi connectivity index (χ1n) is 4.71. The molecule has 2 rings (SSSR count). The van der Waals surface area contributed by atoms with Crippen LogP contribution in [0.4, 0.5) is 0 Å². The molecule has 70 valence electrons. The first-order valence-corrected chi connectivity index (χ1v) is 4.71. The van der Waals surface area contributed by atoms with Crippen molar-refractivity contribution in [1.29, 1.82) is 0 Å². The molecule has 0 spiro atoms. The Hall–Kier alpha value is -0.860. The van der Waals surface area contributed by atoms with Crippen LogP contribution < -0.4 is 0 Å². The van der Waals surface area contributed by atoms with Crippen LogP contribution in [0, 0.1) is 0 Å². The Kier molecular flexibility index (Phi) is 2.62. The molecule has 0 amide bonds. The highest BCUT2D eigenvalue weighted by Gasteiger charge is 2.25. The predicted molar refractivity (Wildman–Crippen MR) is 50.4 cm³/mol. The third-order valence-corrected chi connectivity index (χ3v) is 2.48. The third-order valence-electron chi connectivity index (χ3n) is 2.48. The molecule has 0 saturated carbocycles. The molecule has 0 aromatic heterocycles. The van der Waals surface area contributed by atoms with Crippen molar-refractivity contribution >= 4 is 0 Å². The summed E-state index contributed by atoms with van der Waals surface area (Å²) in [5.74, 6) is 0. The summed E-state index contributed by atoms with van der Waals surface area (Å²) in [6.45, 7) is 0.142. The summed E-state index contributed by atoms with van der Waals surface area (Å²) in [7, 11) is 0. The number of aliphatic hydroxyl groups is 1. The SMILES string of the molecule is OCC1CCC(c2ccccc2)O1. The maximum atomic E-state index is 8.91. The maximum absolute atomic E-state index is 8.91. The first-order chi connectivity index (χ1) is 6.40. The van der Waals surface area contributed by atoms with Crippen molar-refractivity contribution in [2.45, 2.75) is 25.0 Å². The monoisotopic (exact) mass is 178 g/mol. The van der Waals surface area contributed by atoms with Crippen LogP contribution in [0.15, 0.2) is 30.3 Å². The zero-order valence-corrected chi connectivity index (χ0v) is 7.52. The highest BCUT2D eigenvalue weighted by Crippen LogP contribution is 2.31. The topological polar surface area (TPSA) is 29.5 Å². The minimum atomic E-state index is 0.0465. The Morgan fingerprint density at radius 2 is 2.00 bits per heavy atom. The zero-order valence-electron chi connectivity index (χ0n) is 7.52. The number of hydrogen-bond acceptors (Lipinski definition) is 2. The van der Waals surface area contributed by atoms with Gasteiger partial charge in [-0.3, -0.25) is 0 Å². The summed E-state index contributed by atoms with van der Waals surface area (Å²) in [5, 5.41) is 8.91. The lowest BCUT2D eigenvalue weighted by Gasteiger charge is -2.11. The van der Waals surface area contributed by atoms with E-state index < -0.39 is 0 Å². The molecular weight excluding hydrogens is 164 g/mol. The van der Waals surface area contributed by atoms with Gasteiger partial charge in [-0.1, -0.05) is 30.3 Å². The van der Waals surface area contributed by atoms with Crippen molar-refractivity contribution < 1.29 is 9.84 Å². The second-order valence-electron chi connectivity index (χ2n) is 3.42. The summed E-state index contributed by atoms with van der Waals surface area (Å²) in [6, 6.07) is 10.2. The van der Waals surface area contributed by atoms with E-state index in [1.54, 1.807) is 0 Å². The van der Waals surface area contributed by atoms with Crippen LogP contribution >= 0.6 is 0 Å². The van der Waals surface area contributed by atoms with E-state index in [2.05, 4.69) is 12.1 Å². The molecule has 2 heteroatoms. The van der Waals surface area contributed by atoms with E-state index in [0.717, 1.165) is 12.8 Å². The molecule has 1 fully saturated rings. The quantitative estimate of drug-likeness (QED) is 0.749. The van der Waals surface area contributed by atoms with Gasteiger partial charge in [-0.05, 0) is 18.4 Å². The molecule has 0 bridgehead atoms. The molecule has 1 aliphatic heterocycles. The molecule has 13 heavy (non-hydrogen) atoms. The minimum absolute atomic E-state index is 0.0465. The molecule has 1 aromatic carbocycles. The van der Waals surface area contributed by atoms with Crippen molar-refractivity contribution in [2.24, 2.45) is 0 Å². The summed E-state index contributed by atoms with van der Waals surface area (Å²) < 4.78 is 5.65. The van der Waals surface area contributed by atoms with Gasteiger partial charge in [-0.25, -0.2) is 0 Å². The molecule has 1 aliphatic rings. The Morgan fingerprint density at radius 1 is 1.23 bits per heavy atom. The van der Waals surface area contributed by atoms with Crippen LogP contribution in [0.3, 0.4) is 0 Å². The van der Waals surface area contributed by atoms with E-state index in [1.165, 1.54) is 5.56 Å². The van der Waals surface area contributed by atoms with Crippen LogP contribution in [-0.4, -0.2) is 17.8 Å². The Bertz CT molecular complexity index is 258. The third kappa shape index (κ3) is 1.90. The summed E-state index contributed by atoms with van der Waals surface area (Å²) >= 11 is 0. The van der Waals surface area contributed by atoms with Gasteiger partial charge in [0.05, 0.1) is 18.8 Å². The molecule has 0 radical (unpaired) electrons. The molecule has 1 N–H and O–H groups in total. The van der Waals surface area contributed by atoms with Crippen molar-refractivity contribution in [3.8, 4) is 0 Å². The maximum Gasteiger partial charge on any atom is 0.0830 e. The van der Waals surface area contributed by atoms with Crippen LogP contribution in [0.5, 0.6) is 0 Å². The summed E-state index contributed by atoms with van der Waals surface area (Å²) in [5.41, 5.74) is 1.22. The van der Waals surface area contributed by atoms with Crippen molar-refractivity contribution in [1.82, 2.24) is 0 Å². The van der Waals surface area contributed by atoms with E-state index in [4.69, 9.17) is 9.84 Å². The number of aliphatic hydroxyl groups excluding tert-OH is 1. The lowest BCUT2D eigenvalue weighted by molar-refractivity contribution is 0.0110.